The van der Waals surface area contributed by atoms with Gasteiger partial charge in [-0.1, -0.05) is 19.1 Å². The van der Waals surface area contributed by atoms with Crippen LogP contribution >= 0.6 is 12.4 Å². The molecule has 18 heavy (non-hydrogen) atoms. The lowest BCUT2D eigenvalue weighted by Crippen LogP contribution is -2.33. The van der Waals surface area contributed by atoms with Gasteiger partial charge in [0.25, 0.3) is 5.91 Å². The van der Waals surface area contributed by atoms with Gasteiger partial charge in [-0.05, 0) is 37.0 Å². The summed E-state index contributed by atoms with van der Waals surface area (Å²) < 4.78 is 0. The Morgan fingerprint density at radius 1 is 1.33 bits per heavy atom. The normalized spacial score (nSPS) is 22.7. The van der Waals surface area contributed by atoms with E-state index in [9.17, 15) is 4.79 Å². The molecule has 1 fully saturated rings. The predicted octanol–water partition coefficient (Wildman–Crippen LogP) is 2.44. The number of rotatable bonds is 2. The fraction of sp³-hybridized carbons (Fsp3) is 0.500. The molecule has 2 atom stereocenters. The van der Waals surface area contributed by atoms with E-state index in [0.717, 1.165) is 24.1 Å². The van der Waals surface area contributed by atoms with Crippen molar-refractivity contribution in [1.29, 1.82) is 0 Å². The number of hydrogen-bond donors (Lipinski definition) is 1. The molecule has 0 spiro atoms. The molecular weight excluding hydrogens is 248 g/mol. The Hall–Kier alpha value is -1.06. The van der Waals surface area contributed by atoms with E-state index in [-0.39, 0.29) is 18.3 Å². The number of benzene rings is 1. The Bertz CT molecular complexity index is 405. The van der Waals surface area contributed by atoms with Gasteiger partial charge in [-0.3, -0.25) is 4.79 Å². The molecule has 0 saturated carbocycles. The minimum absolute atomic E-state index is 0. The molecule has 1 amide bonds. The molecule has 2 N–H and O–H groups in total. The summed E-state index contributed by atoms with van der Waals surface area (Å²) in [5, 5.41) is 0. The van der Waals surface area contributed by atoms with Crippen molar-refractivity contribution in [3.05, 3.63) is 35.4 Å². The van der Waals surface area contributed by atoms with Crippen LogP contribution in [0.1, 0.15) is 36.2 Å². The van der Waals surface area contributed by atoms with Gasteiger partial charge in [0.05, 0.1) is 0 Å². The van der Waals surface area contributed by atoms with Crippen LogP contribution in [0.5, 0.6) is 0 Å². The Kier molecular flexibility index (Phi) is 5.17. The van der Waals surface area contributed by atoms with Gasteiger partial charge in [-0.2, -0.15) is 0 Å². The number of nitrogens with zero attached hydrogens (tertiary/aromatic N) is 1. The molecule has 2 unspecified atom stereocenters. The van der Waals surface area contributed by atoms with Crippen LogP contribution in [0.25, 0.3) is 0 Å². The van der Waals surface area contributed by atoms with E-state index < -0.39 is 0 Å². The Morgan fingerprint density at radius 2 is 1.94 bits per heavy atom. The zero-order chi connectivity index (χ0) is 12.4. The average molecular weight is 269 g/mol. The van der Waals surface area contributed by atoms with E-state index in [1.807, 2.05) is 29.2 Å². The van der Waals surface area contributed by atoms with Gasteiger partial charge in [-0.25, -0.2) is 0 Å². The highest BCUT2D eigenvalue weighted by Gasteiger charge is 2.30. The first-order valence-electron chi connectivity index (χ1n) is 6.21. The molecular formula is C14H21ClN2O. The van der Waals surface area contributed by atoms with Gasteiger partial charge in [0.1, 0.15) is 0 Å². The SMILES string of the molecule is CC1CC(C)N(C(=O)c2ccc(CN)cc2)C1.Cl. The molecule has 1 heterocycles. The molecule has 0 aliphatic carbocycles. The molecule has 1 aromatic carbocycles. The molecule has 4 heteroatoms. The maximum atomic E-state index is 12.3. The quantitative estimate of drug-likeness (QED) is 0.896. The lowest BCUT2D eigenvalue weighted by atomic mass is 10.1. The van der Waals surface area contributed by atoms with Gasteiger partial charge in [0.15, 0.2) is 0 Å². The van der Waals surface area contributed by atoms with Gasteiger partial charge in [0, 0.05) is 24.7 Å². The molecule has 3 nitrogen and oxygen atoms in total. The molecule has 0 bridgehead atoms. The van der Waals surface area contributed by atoms with Crippen LogP contribution in [0.2, 0.25) is 0 Å². The van der Waals surface area contributed by atoms with Crippen molar-refractivity contribution in [3.63, 3.8) is 0 Å². The maximum Gasteiger partial charge on any atom is 0.254 e. The molecule has 2 rings (SSSR count). The Balaban J connectivity index is 0.00000162. The van der Waals surface area contributed by atoms with Crippen LogP contribution in [0.4, 0.5) is 0 Å². The Morgan fingerprint density at radius 3 is 2.39 bits per heavy atom. The van der Waals surface area contributed by atoms with Gasteiger partial charge >= 0.3 is 0 Å². The number of carbonyl (C=O) groups is 1. The van der Waals surface area contributed by atoms with Gasteiger partial charge < -0.3 is 10.6 Å². The maximum absolute atomic E-state index is 12.3. The number of likely N-dealkylation sites (tertiary alicyclic amines) is 1. The lowest BCUT2D eigenvalue weighted by molar-refractivity contribution is 0.0744. The van der Waals surface area contributed by atoms with Crippen molar-refractivity contribution in [3.8, 4) is 0 Å². The third kappa shape index (κ3) is 3.03. The van der Waals surface area contributed by atoms with Crippen LogP contribution in [-0.4, -0.2) is 23.4 Å². The molecule has 100 valence electrons. The molecule has 1 aromatic rings. The van der Waals surface area contributed by atoms with Gasteiger partial charge in [-0.15, -0.1) is 12.4 Å². The lowest BCUT2D eigenvalue weighted by Gasteiger charge is -2.21. The summed E-state index contributed by atoms with van der Waals surface area (Å²) >= 11 is 0. The zero-order valence-corrected chi connectivity index (χ0v) is 11.7. The van der Waals surface area contributed by atoms with E-state index in [4.69, 9.17) is 5.73 Å². The first-order valence-corrected chi connectivity index (χ1v) is 6.21. The standard InChI is InChI=1S/C14H20N2O.ClH/c1-10-7-11(2)16(9-10)14(17)13-5-3-12(8-15)4-6-13;/h3-6,10-11H,7-9,15H2,1-2H3;1H. The second-order valence-corrected chi connectivity index (χ2v) is 5.05. The van der Waals surface area contributed by atoms with Crippen LogP contribution in [-0.2, 0) is 6.54 Å². The summed E-state index contributed by atoms with van der Waals surface area (Å²) in [7, 11) is 0. The minimum Gasteiger partial charge on any atom is -0.336 e. The molecule has 0 aromatic heterocycles. The van der Waals surface area contributed by atoms with Crippen LogP contribution in [0, 0.1) is 5.92 Å². The highest BCUT2D eigenvalue weighted by molar-refractivity contribution is 5.94. The molecule has 1 saturated heterocycles. The van der Waals surface area contributed by atoms with Crippen molar-refractivity contribution in [1.82, 2.24) is 4.90 Å². The topological polar surface area (TPSA) is 46.3 Å². The van der Waals surface area contributed by atoms with E-state index >= 15 is 0 Å². The molecule has 1 aliphatic rings. The predicted molar refractivity (Wildman–Crippen MR) is 75.9 cm³/mol. The monoisotopic (exact) mass is 268 g/mol. The van der Waals surface area contributed by atoms with E-state index in [2.05, 4.69) is 13.8 Å². The van der Waals surface area contributed by atoms with Crippen LogP contribution in [0.15, 0.2) is 24.3 Å². The second kappa shape index (κ2) is 6.21. The van der Waals surface area contributed by atoms with Crippen molar-refractivity contribution in [2.75, 3.05) is 6.54 Å². The summed E-state index contributed by atoms with van der Waals surface area (Å²) in [5.74, 6) is 0.752. The first kappa shape index (κ1) is 15.0. The zero-order valence-electron chi connectivity index (χ0n) is 10.9. The number of hydrogen-bond acceptors (Lipinski definition) is 2. The molecule has 0 radical (unpaired) electrons. The summed E-state index contributed by atoms with van der Waals surface area (Å²) in [6.07, 6.45) is 1.10. The highest BCUT2D eigenvalue weighted by Crippen LogP contribution is 2.24. The summed E-state index contributed by atoms with van der Waals surface area (Å²) in [4.78, 5) is 14.3. The summed E-state index contributed by atoms with van der Waals surface area (Å²) in [6, 6.07) is 7.96. The van der Waals surface area contributed by atoms with Crippen molar-refractivity contribution in [2.24, 2.45) is 11.7 Å². The third-order valence-electron chi connectivity index (χ3n) is 3.48. The van der Waals surface area contributed by atoms with Crippen molar-refractivity contribution >= 4 is 18.3 Å². The molecule has 1 aliphatic heterocycles. The smallest absolute Gasteiger partial charge is 0.254 e. The summed E-state index contributed by atoms with van der Waals surface area (Å²) in [6.45, 7) is 5.71. The average Bonchev–Trinajstić information content (AvgIpc) is 2.68. The van der Waals surface area contributed by atoms with Crippen molar-refractivity contribution < 1.29 is 4.79 Å². The van der Waals surface area contributed by atoms with E-state index in [0.29, 0.717) is 18.5 Å². The van der Waals surface area contributed by atoms with E-state index in [1.54, 1.807) is 0 Å². The number of amides is 1. The fourth-order valence-corrected chi connectivity index (χ4v) is 2.53. The van der Waals surface area contributed by atoms with Crippen LogP contribution < -0.4 is 5.73 Å². The van der Waals surface area contributed by atoms with Crippen LogP contribution in [0.3, 0.4) is 0 Å². The first-order chi connectivity index (χ1) is 8.11. The second-order valence-electron chi connectivity index (χ2n) is 5.05. The fourth-order valence-electron chi connectivity index (χ4n) is 2.53. The van der Waals surface area contributed by atoms with Gasteiger partial charge in [0.2, 0.25) is 0 Å². The number of halogens is 1. The largest absolute Gasteiger partial charge is 0.336 e. The number of nitrogens with two attached hydrogens (primary N) is 1. The summed E-state index contributed by atoms with van der Waals surface area (Å²) in [5.41, 5.74) is 7.37. The van der Waals surface area contributed by atoms with E-state index in [1.165, 1.54) is 0 Å². The van der Waals surface area contributed by atoms with Crippen molar-refractivity contribution in [2.45, 2.75) is 32.9 Å². The Labute approximate surface area is 115 Å². The highest BCUT2D eigenvalue weighted by atomic mass is 35.5. The third-order valence-corrected chi connectivity index (χ3v) is 3.48. The minimum atomic E-state index is 0. The number of carbonyl (C=O) groups excluding carboxylic acids is 1.